The second kappa shape index (κ2) is 6.85. The Morgan fingerprint density at radius 2 is 1.68 bits per heavy atom. The number of carbonyl (C=O) groups excluding carboxylic acids is 1. The fraction of sp³-hybridized carbons (Fsp3) is 0.235. The molecule has 0 bridgehead atoms. The second-order valence-electron chi connectivity index (χ2n) is 5.09. The Balaban J connectivity index is 1.55. The van der Waals surface area contributed by atoms with Gasteiger partial charge < -0.3 is 9.80 Å². The molecule has 1 amide bonds. The highest BCUT2D eigenvalue weighted by Crippen LogP contribution is 2.12. The number of piperazine rings is 1. The Morgan fingerprint density at radius 1 is 0.955 bits per heavy atom. The van der Waals surface area contributed by atoms with E-state index in [4.69, 9.17) is 0 Å². The average Bonchev–Trinajstić information content (AvgIpc) is 2.61. The molecule has 1 aliphatic heterocycles. The predicted molar refractivity (Wildman–Crippen MR) is 86.3 cm³/mol. The summed E-state index contributed by atoms with van der Waals surface area (Å²) in [6, 6.07) is 11.5. The van der Waals surface area contributed by atoms with Crippen LogP contribution < -0.4 is 4.90 Å². The standard InChI is InChI=1S/C17H18N4O/c22-17(8-7-15-5-1-3-9-18-15)21-13-11-20(12-14-21)16-6-2-4-10-19-16/h1-10H,11-14H2/b8-7+. The van der Waals surface area contributed by atoms with Gasteiger partial charge in [-0.25, -0.2) is 4.98 Å². The van der Waals surface area contributed by atoms with E-state index in [1.165, 1.54) is 0 Å². The van der Waals surface area contributed by atoms with Crippen LogP contribution in [0.3, 0.4) is 0 Å². The van der Waals surface area contributed by atoms with Gasteiger partial charge in [-0.15, -0.1) is 0 Å². The van der Waals surface area contributed by atoms with Crippen LogP contribution in [0.5, 0.6) is 0 Å². The molecule has 0 aliphatic carbocycles. The summed E-state index contributed by atoms with van der Waals surface area (Å²) < 4.78 is 0. The van der Waals surface area contributed by atoms with Crippen molar-refractivity contribution >= 4 is 17.8 Å². The number of hydrogen-bond donors (Lipinski definition) is 0. The third-order valence-electron chi connectivity index (χ3n) is 3.65. The minimum Gasteiger partial charge on any atom is -0.353 e. The smallest absolute Gasteiger partial charge is 0.246 e. The third-order valence-corrected chi connectivity index (χ3v) is 3.65. The summed E-state index contributed by atoms with van der Waals surface area (Å²) in [7, 11) is 0. The molecule has 1 saturated heterocycles. The molecule has 0 radical (unpaired) electrons. The van der Waals surface area contributed by atoms with Crippen molar-refractivity contribution in [3.63, 3.8) is 0 Å². The van der Waals surface area contributed by atoms with Gasteiger partial charge in [0.15, 0.2) is 0 Å². The predicted octanol–water partition coefficient (Wildman–Crippen LogP) is 1.84. The molecule has 3 rings (SSSR count). The number of carbonyl (C=O) groups is 1. The van der Waals surface area contributed by atoms with Crippen molar-refractivity contribution in [2.45, 2.75) is 0 Å². The molecule has 5 nitrogen and oxygen atoms in total. The Labute approximate surface area is 129 Å². The lowest BCUT2D eigenvalue weighted by molar-refractivity contribution is -0.126. The monoisotopic (exact) mass is 294 g/mol. The van der Waals surface area contributed by atoms with Gasteiger partial charge in [0.25, 0.3) is 0 Å². The Kier molecular flexibility index (Phi) is 4.44. The van der Waals surface area contributed by atoms with Crippen LogP contribution in [0.4, 0.5) is 5.82 Å². The summed E-state index contributed by atoms with van der Waals surface area (Å²) in [6.07, 6.45) is 6.87. The highest BCUT2D eigenvalue weighted by molar-refractivity contribution is 5.91. The van der Waals surface area contributed by atoms with E-state index in [1.807, 2.05) is 41.3 Å². The zero-order valence-electron chi connectivity index (χ0n) is 12.3. The van der Waals surface area contributed by atoms with Crippen molar-refractivity contribution in [1.82, 2.24) is 14.9 Å². The molecule has 2 aromatic rings. The van der Waals surface area contributed by atoms with Crippen LogP contribution >= 0.6 is 0 Å². The lowest BCUT2D eigenvalue weighted by atomic mass is 10.2. The number of aromatic nitrogens is 2. The number of rotatable bonds is 3. The van der Waals surface area contributed by atoms with Crippen molar-refractivity contribution in [3.8, 4) is 0 Å². The summed E-state index contributed by atoms with van der Waals surface area (Å²) >= 11 is 0. The van der Waals surface area contributed by atoms with Gasteiger partial charge in [-0.1, -0.05) is 12.1 Å². The van der Waals surface area contributed by atoms with E-state index in [2.05, 4.69) is 14.9 Å². The van der Waals surface area contributed by atoms with Crippen LogP contribution in [0.25, 0.3) is 6.08 Å². The Bertz CT molecular complexity index is 634. The molecule has 1 fully saturated rings. The molecule has 0 saturated carbocycles. The normalized spacial score (nSPS) is 15.3. The molecule has 0 aromatic carbocycles. The zero-order valence-corrected chi connectivity index (χ0v) is 12.3. The van der Waals surface area contributed by atoms with Crippen LogP contribution in [0, 0.1) is 0 Å². The first-order valence-corrected chi connectivity index (χ1v) is 7.37. The van der Waals surface area contributed by atoms with Gasteiger partial charge in [-0.05, 0) is 30.3 Å². The molecule has 0 unspecified atom stereocenters. The Hall–Kier alpha value is -2.69. The van der Waals surface area contributed by atoms with Crippen LogP contribution in [0.2, 0.25) is 0 Å². The van der Waals surface area contributed by atoms with Crippen LogP contribution in [0.15, 0.2) is 54.9 Å². The van der Waals surface area contributed by atoms with Gasteiger partial charge in [0.2, 0.25) is 5.91 Å². The fourth-order valence-electron chi connectivity index (χ4n) is 2.43. The maximum absolute atomic E-state index is 12.2. The average molecular weight is 294 g/mol. The molecule has 0 spiro atoms. The van der Waals surface area contributed by atoms with Crippen molar-refractivity contribution in [3.05, 3.63) is 60.6 Å². The Morgan fingerprint density at radius 3 is 2.32 bits per heavy atom. The quantitative estimate of drug-likeness (QED) is 0.811. The summed E-state index contributed by atoms with van der Waals surface area (Å²) in [5.41, 5.74) is 0.794. The maximum atomic E-state index is 12.2. The van der Waals surface area contributed by atoms with Crippen LogP contribution in [0.1, 0.15) is 5.69 Å². The molecule has 112 valence electrons. The van der Waals surface area contributed by atoms with Crippen LogP contribution in [-0.4, -0.2) is 47.0 Å². The summed E-state index contributed by atoms with van der Waals surface area (Å²) in [5.74, 6) is 1.00. The SMILES string of the molecule is O=C(/C=C/c1ccccn1)N1CCN(c2ccccn2)CC1. The number of amides is 1. The lowest BCUT2D eigenvalue weighted by Gasteiger charge is -2.34. The molecule has 3 heterocycles. The number of hydrogen-bond acceptors (Lipinski definition) is 4. The van der Waals surface area contributed by atoms with E-state index in [-0.39, 0.29) is 5.91 Å². The van der Waals surface area contributed by atoms with Gasteiger partial charge in [-0.3, -0.25) is 9.78 Å². The number of anilines is 1. The van der Waals surface area contributed by atoms with E-state index in [9.17, 15) is 4.79 Å². The van der Waals surface area contributed by atoms with E-state index in [1.54, 1.807) is 24.5 Å². The number of nitrogens with zero attached hydrogens (tertiary/aromatic N) is 4. The highest BCUT2D eigenvalue weighted by atomic mass is 16.2. The zero-order chi connectivity index (χ0) is 15.2. The largest absolute Gasteiger partial charge is 0.353 e. The van der Waals surface area contributed by atoms with E-state index in [0.717, 1.165) is 24.6 Å². The summed E-state index contributed by atoms with van der Waals surface area (Å²) in [5, 5.41) is 0. The number of pyridine rings is 2. The second-order valence-corrected chi connectivity index (χ2v) is 5.09. The third kappa shape index (κ3) is 3.49. The maximum Gasteiger partial charge on any atom is 0.246 e. The molecule has 22 heavy (non-hydrogen) atoms. The van der Waals surface area contributed by atoms with Crippen molar-refractivity contribution in [2.75, 3.05) is 31.1 Å². The van der Waals surface area contributed by atoms with Crippen molar-refractivity contribution < 1.29 is 4.79 Å². The fourth-order valence-corrected chi connectivity index (χ4v) is 2.43. The van der Waals surface area contributed by atoms with E-state index < -0.39 is 0 Å². The van der Waals surface area contributed by atoms with E-state index >= 15 is 0 Å². The van der Waals surface area contributed by atoms with Crippen LogP contribution in [-0.2, 0) is 4.79 Å². The molecule has 5 heteroatoms. The van der Waals surface area contributed by atoms with Crippen molar-refractivity contribution in [1.29, 1.82) is 0 Å². The molecule has 2 aromatic heterocycles. The molecule has 0 atom stereocenters. The first-order valence-electron chi connectivity index (χ1n) is 7.37. The van der Waals surface area contributed by atoms with Crippen molar-refractivity contribution in [2.24, 2.45) is 0 Å². The summed E-state index contributed by atoms with van der Waals surface area (Å²) in [6.45, 7) is 3.03. The van der Waals surface area contributed by atoms with E-state index in [0.29, 0.717) is 13.1 Å². The first-order chi connectivity index (χ1) is 10.8. The van der Waals surface area contributed by atoms with Gasteiger partial charge in [-0.2, -0.15) is 0 Å². The van der Waals surface area contributed by atoms with Gasteiger partial charge >= 0.3 is 0 Å². The van der Waals surface area contributed by atoms with Gasteiger partial charge in [0.05, 0.1) is 5.69 Å². The lowest BCUT2D eigenvalue weighted by Crippen LogP contribution is -2.48. The van der Waals surface area contributed by atoms with Gasteiger partial charge in [0, 0.05) is 44.6 Å². The molecular weight excluding hydrogens is 276 g/mol. The highest BCUT2D eigenvalue weighted by Gasteiger charge is 2.20. The topological polar surface area (TPSA) is 49.3 Å². The minimum atomic E-state index is 0.0336. The minimum absolute atomic E-state index is 0.0336. The molecule has 1 aliphatic rings. The van der Waals surface area contributed by atoms with Gasteiger partial charge in [0.1, 0.15) is 5.82 Å². The summed E-state index contributed by atoms with van der Waals surface area (Å²) in [4.78, 5) is 24.8. The molecular formula is C17H18N4O. The first kappa shape index (κ1) is 14.3. The molecule has 0 N–H and O–H groups in total.